The predicted molar refractivity (Wildman–Crippen MR) is 77.7 cm³/mol. The third-order valence-electron chi connectivity index (χ3n) is 4.13. The molecule has 0 spiro atoms. The summed E-state index contributed by atoms with van der Waals surface area (Å²) in [7, 11) is 1.70. The molecule has 1 aliphatic carbocycles. The van der Waals surface area contributed by atoms with Gasteiger partial charge >= 0.3 is 5.97 Å². The molecular weight excluding hydrogens is 270 g/mol. The van der Waals surface area contributed by atoms with Gasteiger partial charge in [-0.2, -0.15) is 0 Å². The van der Waals surface area contributed by atoms with Gasteiger partial charge in [0.25, 0.3) is 0 Å². The lowest BCUT2D eigenvalue weighted by Gasteiger charge is -2.31. The van der Waals surface area contributed by atoms with Gasteiger partial charge < -0.3 is 15.1 Å². The van der Waals surface area contributed by atoms with Crippen molar-refractivity contribution in [2.24, 2.45) is 11.8 Å². The van der Waals surface area contributed by atoms with E-state index in [1.807, 2.05) is 0 Å². The van der Waals surface area contributed by atoms with Gasteiger partial charge in [-0.25, -0.2) is 0 Å². The molecule has 1 aromatic carbocycles. The fourth-order valence-corrected chi connectivity index (χ4v) is 2.96. The molecule has 5 nitrogen and oxygen atoms in total. The molecule has 0 bridgehead atoms. The number of carboxylic acids is 1. The summed E-state index contributed by atoms with van der Waals surface area (Å²) in [5, 5.41) is 18.5. The Hall–Kier alpha value is -2.04. The Kier molecular flexibility index (Phi) is 4.83. The molecule has 1 aliphatic rings. The topological polar surface area (TPSA) is 77.8 Å². The molecule has 1 amide bonds. The first-order valence-electron chi connectivity index (χ1n) is 7.24. The smallest absolute Gasteiger partial charge is 0.307 e. The van der Waals surface area contributed by atoms with Crippen molar-refractivity contribution in [1.29, 1.82) is 0 Å². The number of hydrogen-bond acceptors (Lipinski definition) is 3. The minimum Gasteiger partial charge on any atom is -0.508 e. The maximum absolute atomic E-state index is 12.5. The van der Waals surface area contributed by atoms with Crippen LogP contribution < -0.4 is 0 Å². The molecule has 0 unspecified atom stereocenters. The van der Waals surface area contributed by atoms with Crippen LogP contribution in [-0.2, 0) is 16.1 Å². The fourth-order valence-electron chi connectivity index (χ4n) is 2.96. The number of phenolic OH excluding ortho intramolecular Hbond substituents is 1. The van der Waals surface area contributed by atoms with E-state index in [1.165, 1.54) is 0 Å². The van der Waals surface area contributed by atoms with Crippen LogP contribution in [0.1, 0.15) is 31.2 Å². The number of rotatable bonds is 4. The number of carboxylic acid groups (broad SMARTS) is 1. The van der Waals surface area contributed by atoms with E-state index in [0.717, 1.165) is 18.4 Å². The van der Waals surface area contributed by atoms with Gasteiger partial charge in [-0.3, -0.25) is 9.59 Å². The van der Waals surface area contributed by atoms with Crippen LogP contribution in [0.4, 0.5) is 0 Å². The molecular formula is C16H21NO4. The Morgan fingerprint density at radius 3 is 2.29 bits per heavy atom. The number of carbonyl (C=O) groups is 2. The van der Waals surface area contributed by atoms with Gasteiger partial charge in [-0.1, -0.05) is 25.0 Å². The molecule has 0 saturated heterocycles. The third-order valence-corrected chi connectivity index (χ3v) is 4.13. The van der Waals surface area contributed by atoms with Crippen LogP contribution in [0, 0.1) is 11.8 Å². The van der Waals surface area contributed by atoms with Crippen LogP contribution in [0.15, 0.2) is 24.3 Å². The Labute approximate surface area is 124 Å². The average molecular weight is 291 g/mol. The van der Waals surface area contributed by atoms with E-state index in [9.17, 15) is 19.8 Å². The zero-order valence-corrected chi connectivity index (χ0v) is 12.2. The summed E-state index contributed by atoms with van der Waals surface area (Å²) in [5.74, 6) is -1.76. The second-order valence-corrected chi connectivity index (χ2v) is 5.70. The number of aliphatic carboxylic acids is 1. The van der Waals surface area contributed by atoms with Gasteiger partial charge in [-0.05, 0) is 30.5 Å². The molecule has 0 aromatic heterocycles. The van der Waals surface area contributed by atoms with Crippen molar-refractivity contribution in [2.45, 2.75) is 32.2 Å². The molecule has 114 valence electrons. The standard InChI is InChI=1S/C16H21NO4/c1-17(10-11-6-8-12(18)9-7-11)15(19)13-4-2-3-5-14(13)16(20)21/h6-9,13-14,18H,2-5,10H2,1H3,(H,20,21)/t13-,14+/m1/s1. The molecule has 0 radical (unpaired) electrons. The maximum Gasteiger partial charge on any atom is 0.307 e. The maximum atomic E-state index is 12.5. The molecule has 1 saturated carbocycles. The second kappa shape index (κ2) is 6.61. The van der Waals surface area contributed by atoms with Crippen LogP contribution in [0.3, 0.4) is 0 Å². The third kappa shape index (κ3) is 3.74. The highest BCUT2D eigenvalue weighted by Gasteiger charge is 2.36. The lowest BCUT2D eigenvalue weighted by atomic mass is 9.78. The largest absolute Gasteiger partial charge is 0.508 e. The van der Waals surface area contributed by atoms with E-state index >= 15 is 0 Å². The monoisotopic (exact) mass is 291 g/mol. The van der Waals surface area contributed by atoms with Gasteiger partial charge in [0.05, 0.1) is 11.8 Å². The first-order chi connectivity index (χ1) is 9.99. The highest BCUT2D eigenvalue weighted by atomic mass is 16.4. The lowest BCUT2D eigenvalue weighted by Crippen LogP contribution is -2.40. The summed E-state index contributed by atoms with van der Waals surface area (Å²) in [6.07, 6.45) is 3.02. The van der Waals surface area contributed by atoms with Crippen molar-refractivity contribution in [3.63, 3.8) is 0 Å². The number of amides is 1. The minimum atomic E-state index is -0.869. The van der Waals surface area contributed by atoms with Gasteiger partial charge in [-0.15, -0.1) is 0 Å². The van der Waals surface area contributed by atoms with E-state index in [-0.39, 0.29) is 11.7 Å². The number of nitrogens with zero attached hydrogens (tertiary/aromatic N) is 1. The first kappa shape index (κ1) is 15.4. The Balaban J connectivity index is 2.03. The number of carbonyl (C=O) groups excluding carboxylic acids is 1. The summed E-state index contributed by atoms with van der Waals surface area (Å²) in [6, 6.07) is 6.67. The number of phenols is 1. The normalized spacial score (nSPS) is 21.8. The Bertz CT molecular complexity index is 512. The van der Waals surface area contributed by atoms with E-state index in [2.05, 4.69) is 0 Å². The molecule has 2 N–H and O–H groups in total. The number of benzene rings is 1. The highest BCUT2D eigenvalue weighted by Crippen LogP contribution is 2.31. The van der Waals surface area contributed by atoms with Crippen molar-refractivity contribution < 1.29 is 19.8 Å². The zero-order chi connectivity index (χ0) is 15.4. The van der Waals surface area contributed by atoms with Crippen molar-refractivity contribution in [1.82, 2.24) is 4.90 Å². The lowest BCUT2D eigenvalue weighted by molar-refractivity contribution is -0.152. The molecule has 5 heteroatoms. The average Bonchev–Trinajstić information content (AvgIpc) is 2.48. The van der Waals surface area contributed by atoms with Gasteiger partial charge in [0.1, 0.15) is 5.75 Å². The second-order valence-electron chi connectivity index (χ2n) is 5.70. The van der Waals surface area contributed by atoms with Crippen molar-refractivity contribution in [2.75, 3.05) is 7.05 Å². The molecule has 1 aromatic rings. The van der Waals surface area contributed by atoms with E-state index < -0.39 is 17.8 Å². The van der Waals surface area contributed by atoms with E-state index in [4.69, 9.17) is 0 Å². The summed E-state index contributed by atoms with van der Waals surface area (Å²) < 4.78 is 0. The minimum absolute atomic E-state index is 0.102. The van der Waals surface area contributed by atoms with Gasteiger partial charge in [0.15, 0.2) is 0 Å². The van der Waals surface area contributed by atoms with Crippen LogP contribution in [0.2, 0.25) is 0 Å². The summed E-state index contributed by atoms with van der Waals surface area (Å²) in [4.78, 5) is 25.4. The molecule has 0 aliphatic heterocycles. The van der Waals surface area contributed by atoms with Crippen LogP contribution in [0.5, 0.6) is 5.75 Å². The number of aromatic hydroxyl groups is 1. The van der Waals surface area contributed by atoms with Gasteiger partial charge in [0, 0.05) is 13.6 Å². The number of hydrogen-bond donors (Lipinski definition) is 2. The van der Waals surface area contributed by atoms with Crippen molar-refractivity contribution in [3.05, 3.63) is 29.8 Å². The first-order valence-corrected chi connectivity index (χ1v) is 7.24. The summed E-state index contributed by atoms with van der Waals surface area (Å²) in [6.45, 7) is 0.419. The zero-order valence-electron chi connectivity index (χ0n) is 12.2. The highest BCUT2D eigenvalue weighted by molar-refractivity contribution is 5.84. The Morgan fingerprint density at radius 2 is 1.71 bits per heavy atom. The van der Waals surface area contributed by atoms with E-state index in [1.54, 1.807) is 36.2 Å². The van der Waals surface area contributed by atoms with Crippen LogP contribution in [0.25, 0.3) is 0 Å². The molecule has 2 rings (SSSR count). The van der Waals surface area contributed by atoms with Gasteiger partial charge in [0.2, 0.25) is 5.91 Å². The van der Waals surface area contributed by atoms with Crippen LogP contribution >= 0.6 is 0 Å². The quantitative estimate of drug-likeness (QED) is 0.892. The van der Waals surface area contributed by atoms with Crippen molar-refractivity contribution in [3.8, 4) is 5.75 Å². The van der Waals surface area contributed by atoms with E-state index in [0.29, 0.717) is 19.4 Å². The van der Waals surface area contributed by atoms with Crippen LogP contribution in [-0.4, -0.2) is 34.0 Å². The predicted octanol–water partition coefficient (Wildman–Crippen LogP) is 2.24. The fraction of sp³-hybridized carbons (Fsp3) is 0.500. The molecule has 2 atom stereocenters. The van der Waals surface area contributed by atoms with Crippen molar-refractivity contribution >= 4 is 11.9 Å². The SMILES string of the molecule is CN(Cc1ccc(O)cc1)C(=O)[C@@H]1CCCC[C@@H]1C(=O)O. The molecule has 1 fully saturated rings. The summed E-state index contributed by atoms with van der Waals surface area (Å²) in [5.41, 5.74) is 0.909. The summed E-state index contributed by atoms with van der Waals surface area (Å²) >= 11 is 0. The Morgan fingerprint density at radius 1 is 1.14 bits per heavy atom. The molecule has 0 heterocycles. The molecule has 21 heavy (non-hydrogen) atoms.